The standard InChI is InChI=1S/C17H20N2O3S/c1-18-17(21)16-15(12-5-3-4-6-13(12)23-16)11-7-8-19(9-11)14(20)10-22-2/h3-6,11H,7-10H2,1-2H3,(H,18,21). The van der Waals surface area contributed by atoms with Crippen molar-refractivity contribution >= 4 is 33.2 Å². The van der Waals surface area contributed by atoms with E-state index < -0.39 is 0 Å². The molecule has 1 aliphatic rings. The lowest BCUT2D eigenvalue weighted by atomic mass is 9.95. The van der Waals surface area contributed by atoms with Gasteiger partial charge in [-0.15, -0.1) is 11.3 Å². The van der Waals surface area contributed by atoms with Crippen LogP contribution in [0, 0.1) is 0 Å². The summed E-state index contributed by atoms with van der Waals surface area (Å²) in [4.78, 5) is 26.9. The van der Waals surface area contributed by atoms with Crippen LogP contribution in [0.15, 0.2) is 24.3 Å². The van der Waals surface area contributed by atoms with Crippen molar-refractivity contribution in [2.24, 2.45) is 0 Å². The second-order valence-electron chi connectivity index (χ2n) is 5.68. The molecule has 23 heavy (non-hydrogen) atoms. The Labute approximate surface area is 139 Å². The fraction of sp³-hybridized carbons (Fsp3) is 0.412. The molecule has 0 bridgehead atoms. The quantitative estimate of drug-likeness (QED) is 0.934. The number of fused-ring (bicyclic) bond motifs is 1. The van der Waals surface area contributed by atoms with Crippen LogP contribution in [0.25, 0.3) is 10.1 Å². The van der Waals surface area contributed by atoms with Crippen LogP contribution < -0.4 is 5.32 Å². The summed E-state index contributed by atoms with van der Waals surface area (Å²) >= 11 is 1.52. The van der Waals surface area contributed by atoms with Crippen LogP contribution in [-0.2, 0) is 9.53 Å². The fourth-order valence-electron chi connectivity index (χ4n) is 3.19. The molecular weight excluding hydrogens is 312 g/mol. The number of ether oxygens (including phenoxy) is 1. The summed E-state index contributed by atoms with van der Waals surface area (Å²) in [6.45, 7) is 1.47. The van der Waals surface area contributed by atoms with Gasteiger partial charge in [0.2, 0.25) is 5.91 Å². The molecule has 1 aromatic heterocycles. The Morgan fingerprint density at radius 3 is 2.91 bits per heavy atom. The minimum absolute atomic E-state index is 0.0102. The van der Waals surface area contributed by atoms with Crippen LogP contribution in [0.2, 0.25) is 0 Å². The largest absolute Gasteiger partial charge is 0.375 e. The maximum absolute atomic E-state index is 12.3. The smallest absolute Gasteiger partial charge is 0.261 e. The number of nitrogens with one attached hydrogen (secondary N) is 1. The zero-order chi connectivity index (χ0) is 16.4. The zero-order valence-corrected chi connectivity index (χ0v) is 14.1. The Hall–Kier alpha value is -1.92. The number of methoxy groups -OCH3 is 1. The number of nitrogens with zero attached hydrogens (tertiary/aromatic N) is 1. The summed E-state index contributed by atoms with van der Waals surface area (Å²) < 4.78 is 6.05. The van der Waals surface area contributed by atoms with Gasteiger partial charge in [-0.3, -0.25) is 9.59 Å². The number of likely N-dealkylation sites (tertiary alicyclic amines) is 1. The molecule has 1 aliphatic heterocycles. The maximum atomic E-state index is 12.3. The molecule has 122 valence electrons. The highest BCUT2D eigenvalue weighted by atomic mass is 32.1. The molecule has 1 N–H and O–H groups in total. The molecule has 2 amide bonds. The predicted molar refractivity (Wildman–Crippen MR) is 91.0 cm³/mol. The van der Waals surface area contributed by atoms with E-state index in [1.807, 2.05) is 23.1 Å². The first kappa shape index (κ1) is 16.0. The molecule has 1 aromatic carbocycles. The molecule has 0 aliphatic carbocycles. The van der Waals surface area contributed by atoms with Crippen LogP contribution in [0.4, 0.5) is 0 Å². The lowest BCUT2D eigenvalue weighted by Crippen LogP contribution is -2.31. The van der Waals surface area contributed by atoms with E-state index in [0.717, 1.165) is 26.9 Å². The molecule has 1 fully saturated rings. The van der Waals surface area contributed by atoms with Gasteiger partial charge in [-0.05, 0) is 23.4 Å². The summed E-state index contributed by atoms with van der Waals surface area (Å²) in [7, 11) is 3.18. The first-order valence-corrected chi connectivity index (χ1v) is 8.47. The van der Waals surface area contributed by atoms with Crippen LogP contribution in [0.5, 0.6) is 0 Å². The third kappa shape index (κ3) is 2.96. The molecule has 0 spiro atoms. The molecule has 5 nitrogen and oxygen atoms in total. The van der Waals surface area contributed by atoms with Crippen LogP contribution in [-0.4, -0.2) is 50.6 Å². The Morgan fingerprint density at radius 2 is 2.17 bits per heavy atom. The SMILES string of the molecule is CNC(=O)c1sc2ccccc2c1C1CCN(C(=O)COC)C1. The zero-order valence-electron chi connectivity index (χ0n) is 13.3. The summed E-state index contributed by atoms with van der Waals surface area (Å²) in [6.07, 6.45) is 0.875. The average molecular weight is 332 g/mol. The van der Waals surface area contributed by atoms with Crippen molar-refractivity contribution in [1.29, 1.82) is 0 Å². The van der Waals surface area contributed by atoms with Gasteiger partial charge in [0.1, 0.15) is 6.61 Å². The Kier molecular flexibility index (Phi) is 4.63. The summed E-state index contributed by atoms with van der Waals surface area (Å²) in [5.41, 5.74) is 1.08. The highest BCUT2D eigenvalue weighted by molar-refractivity contribution is 7.21. The number of carbonyl (C=O) groups excluding carboxylic acids is 2. The maximum Gasteiger partial charge on any atom is 0.261 e. The Balaban J connectivity index is 1.96. The third-order valence-electron chi connectivity index (χ3n) is 4.28. The van der Waals surface area contributed by atoms with Crippen LogP contribution >= 0.6 is 11.3 Å². The van der Waals surface area contributed by atoms with E-state index in [2.05, 4.69) is 11.4 Å². The van der Waals surface area contributed by atoms with E-state index in [9.17, 15) is 9.59 Å². The highest BCUT2D eigenvalue weighted by Gasteiger charge is 2.32. The number of benzene rings is 1. The number of thiophene rings is 1. The molecule has 2 heterocycles. The molecule has 0 saturated carbocycles. The van der Waals surface area contributed by atoms with Crippen molar-refractivity contribution in [2.75, 3.05) is 33.9 Å². The van der Waals surface area contributed by atoms with E-state index in [-0.39, 0.29) is 24.3 Å². The molecule has 1 unspecified atom stereocenters. The van der Waals surface area contributed by atoms with Crippen LogP contribution in [0.3, 0.4) is 0 Å². The topological polar surface area (TPSA) is 58.6 Å². The third-order valence-corrected chi connectivity index (χ3v) is 5.47. The van der Waals surface area contributed by atoms with Crippen LogP contribution in [0.1, 0.15) is 27.6 Å². The van der Waals surface area contributed by atoms with Crippen molar-refractivity contribution in [2.45, 2.75) is 12.3 Å². The summed E-state index contributed by atoms with van der Waals surface area (Å²) in [5, 5.41) is 3.86. The van der Waals surface area contributed by atoms with E-state index in [0.29, 0.717) is 13.1 Å². The van der Waals surface area contributed by atoms with Gasteiger partial charge in [0.25, 0.3) is 5.91 Å². The van der Waals surface area contributed by atoms with Gasteiger partial charge in [-0.2, -0.15) is 0 Å². The summed E-state index contributed by atoms with van der Waals surface area (Å²) in [6, 6.07) is 8.08. The van der Waals surface area contributed by atoms with Gasteiger partial charge in [0.05, 0.1) is 4.88 Å². The lowest BCUT2D eigenvalue weighted by molar-refractivity contribution is -0.134. The van der Waals surface area contributed by atoms with Crippen molar-refractivity contribution in [3.05, 3.63) is 34.7 Å². The van der Waals surface area contributed by atoms with Crippen molar-refractivity contribution in [3.8, 4) is 0 Å². The van der Waals surface area contributed by atoms with Gasteiger partial charge in [-0.25, -0.2) is 0 Å². The van der Waals surface area contributed by atoms with Crippen molar-refractivity contribution in [3.63, 3.8) is 0 Å². The molecule has 1 atom stereocenters. The first-order valence-electron chi connectivity index (χ1n) is 7.66. The average Bonchev–Trinajstić information content (AvgIpc) is 3.18. The number of amides is 2. The van der Waals surface area contributed by atoms with E-state index in [1.165, 1.54) is 18.4 Å². The fourth-order valence-corrected chi connectivity index (χ4v) is 4.43. The highest BCUT2D eigenvalue weighted by Crippen LogP contribution is 2.40. The van der Waals surface area contributed by atoms with Crippen molar-refractivity contribution < 1.29 is 14.3 Å². The number of hydrogen-bond donors (Lipinski definition) is 1. The van der Waals surface area contributed by atoms with E-state index in [1.54, 1.807) is 7.05 Å². The number of rotatable bonds is 4. The van der Waals surface area contributed by atoms with E-state index in [4.69, 9.17) is 4.74 Å². The monoisotopic (exact) mass is 332 g/mol. The van der Waals surface area contributed by atoms with Gasteiger partial charge in [0.15, 0.2) is 0 Å². The van der Waals surface area contributed by atoms with Crippen molar-refractivity contribution in [1.82, 2.24) is 10.2 Å². The molecule has 6 heteroatoms. The Morgan fingerprint density at radius 1 is 1.39 bits per heavy atom. The second-order valence-corrected chi connectivity index (χ2v) is 6.73. The minimum atomic E-state index is -0.0529. The number of carbonyl (C=O) groups is 2. The summed E-state index contributed by atoms with van der Waals surface area (Å²) in [5.74, 6) is 0.151. The second kappa shape index (κ2) is 6.68. The molecule has 1 saturated heterocycles. The minimum Gasteiger partial charge on any atom is -0.375 e. The van der Waals surface area contributed by atoms with Gasteiger partial charge in [-0.1, -0.05) is 18.2 Å². The predicted octanol–water partition coefficient (Wildman–Crippen LogP) is 2.22. The number of hydrogen-bond acceptors (Lipinski definition) is 4. The molecule has 2 aromatic rings. The van der Waals surface area contributed by atoms with E-state index >= 15 is 0 Å². The first-order chi connectivity index (χ1) is 11.2. The normalized spacial score (nSPS) is 17.7. The molecule has 0 radical (unpaired) electrons. The van der Waals surface area contributed by atoms with Gasteiger partial charge in [0, 0.05) is 37.9 Å². The lowest BCUT2D eigenvalue weighted by Gasteiger charge is -2.16. The van der Waals surface area contributed by atoms with Gasteiger partial charge < -0.3 is 15.0 Å². The molecular formula is C17H20N2O3S. The molecule has 3 rings (SSSR count). The Bertz CT molecular complexity index is 741. The van der Waals surface area contributed by atoms with Gasteiger partial charge >= 0.3 is 0 Å².